The largest absolute Gasteiger partial charge is 0.351 e. The number of hydrogen-bond acceptors (Lipinski definition) is 2. The maximum atomic E-state index is 5.91. The molecule has 2 aromatic heterocycles. The van der Waals surface area contributed by atoms with Crippen LogP contribution in [0.15, 0.2) is 79.0 Å². The Morgan fingerprint density at radius 2 is 1.71 bits per heavy atom. The Balaban J connectivity index is 1.67. The molecule has 1 N–H and O–H groups in total. The number of aromatic nitrogens is 2. The highest BCUT2D eigenvalue weighted by Gasteiger charge is 2.42. The van der Waals surface area contributed by atoms with E-state index in [0.717, 1.165) is 22.9 Å². The van der Waals surface area contributed by atoms with E-state index in [1.807, 2.05) is 18.3 Å². The zero-order valence-electron chi connectivity index (χ0n) is 20.1. The Morgan fingerprint density at radius 1 is 0.912 bits per heavy atom. The van der Waals surface area contributed by atoms with Crippen molar-refractivity contribution in [3.63, 3.8) is 0 Å². The van der Waals surface area contributed by atoms with Gasteiger partial charge in [-0.1, -0.05) is 37.3 Å². The first kappa shape index (κ1) is 22.4. The molecule has 0 spiro atoms. The second-order valence-electron chi connectivity index (χ2n) is 9.02. The van der Waals surface area contributed by atoms with Gasteiger partial charge >= 0.3 is 0 Å². The lowest BCUT2D eigenvalue weighted by Crippen LogP contribution is -2.29. The van der Waals surface area contributed by atoms with Gasteiger partial charge in [0.25, 0.3) is 0 Å². The van der Waals surface area contributed by atoms with Crippen LogP contribution in [0.3, 0.4) is 0 Å². The highest BCUT2D eigenvalue weighted by molar-refractivity contribution is 7.80. The first-order valence-corrected chi connectivity index (χ1v) is 12.2. The van der Waals surface area contributed by atoms with E-state index < -0.39 is 0 Å². The molecule has 34 heavy (non-hydrogen) atoms. The maximum absolute atomic E-state index is 5.91. The van der Waals surface area contributed by atoms with Crippen LogP contribution in [0, 0.1) is 20.8 Å². The number of hydrogen-bond donors (Lipinski definition) is 1. The lowest BCUT2D eigenvalue weighted by Gasteiger charge is -2.28. The van der Waals surface area contributed by atoms with Crippen LogP contribution in [-0.2, 0) is 6.42 Å². The normalized spacial score (nSPS) is 17.8. The molecule has 4 aromatic rings. The molecule has 172 valence electrons. The van der Waals surface area contributed by atoms with Crippen LogP contribution in [0.5, 0.6) is 0 Å². The topological polar surface area (TPSA) is 33.1 Å². The van der Waals surface area contributed by atoms with Gasteiger partial charge in [0.05, 0.1) is 17.8 Å². The molecule has 0 aliphatic carbocycles. The van der Waals surface area contributed by atoms with Gasteiger partial charge in [0.2, 0.25) is 0 Å². The summed E-state index contributed by atoms with van der Waals surface area (Å²) in [6.07, 6.45) is 2.87. The van der Waals surface area contributed by atoms with Crippen molar-refractivity contribution in [3.05, 3.63) is 113 Å². The smallest absolute Gasteiger partial charge is 0.174 e. The van der Waals surface area contributed by atoms with Crippen molar-refractivity contribution in [1.82, 2.24) is 14.9 Å². The van der Waals surface area contributed by atoms with Crippen molar-refractivity contribution >= 4 is 23.0 Å². The summed E-state index contributed by atoms with van der Waals surface area (Å²) in [5.41, 5.74) is 9.51. The van der Waals surface area contributed by atoms with E-state index in [9.17, 15) is 0 Å². The van der Waals surface area contributed by atoms with Crippen LogP contribution < -0.4 is 10.2 Å². The summed E-state index contributed by atoms with van der Waals surface area (Å²) >= 11 is 5.91. The van der Waals surface area contributed by atoms with Crippen molar-refractivity contribution in [2.45, 2.75) is 46.2 Å². The number of benzene rings is 2. The van der Waals surface area contributed by atoms with E-state index >= 15 is 0 Å². The number of aryl methyl sites for hydroxylation is 3. The lowest BCUT2D eigenvalue weighted by atomic mass is 9.96. The molecule has 3 heterocycles. The predicted octanol–water partition coefficient (Wildman–Crippen LogP) is 6.54. The van der Waals surface area contributed by atoms with E-state index in [0.29, 0.717) is 0 Å². The average molecular weight is 467 g/mol. The Morgan fingerprint density at radius 3 is 2.38 bits per heavy atom. The van der Waals surface area contributed by atoms with Crippen LogP contribution in [0.1, 0.15) is 52.8 Å². The molecular formula is C29H30N4S. The summed E-state index contributed by atoms with van der Waals surface area (Å²) in [6, 6.07) is 25.7. The number of nitrogens with one attached hydrogen (secondary N) is 1. The zero-order chi connectivity index (χ0) is 23.8. The van der Waals surface area contributed by atoms with Crippen LogP contribution in [0.25, 0.3) is 5.69 Å². The third kappa shape index (κ3) is 3.90. The summed E-state index contributed by atoms with van der Waals surface area (Å²) in [7, 11) is 0. The Kier molecular flexibility index (Phi) is 5.96. The SMILES string of the molecule is CCc1ccc(N2C(=S)N[C@@H](c3ccccn3)[C@@H]2c2cc(C)n(-c3cccc(C)c3)c2C)cc1. The van der Waals surface area contributed by atoms with Crippen LogP contribution in [-0.4, -0.2) is 14.7 Å². The first-order valence-electron chi connectivity index (χ1n) is 11.8. The van der Waals surface area contributed by atoms with Gasteiger partial charge in [-0.25, -0.2) is 0 Å². The molecule has 1 aliphatic heterocycles. The minimum atomic E-state index is -0.0500. The van der Waals surface area contributed by atoms with Crippen molar-refractivity contribution in [2.75, 3.05) is 4.90 Å². The van der Waals surface area contributed by atoms with E-state index in [1.54, 1.807) is 0 Å². The van der Waals surface area contributed by atoms with E-state index in [4.69, 9.17) is 17.2 Å². The quantitative estimate of drug-likeness (QED) is 0.339. The molecule has 5 rings (SSSR count). The third-order valence-electron chi connectivity index (χ3n) is 6.77. The number of anilines is 1. The molecule has 1 saturated heterocycles. The highest BCUT2D eigenvalue weighted by atomic mass is 32.1. The summed E-state index contributed by atoms with van der Waals surface area (Å²) < 4.78 is 2.34. The van der Waals surface area contributed by atoms with Crippen LogP contribution >= 0.6 is 12.2 Å². The molecule has 1 aliphatic rings. The third-order valence-corrected chi connectivity index (χ3v) is 7.08. The van der Waals surface area contributed by atoms with E-state index in [2.05, 4.69) is 103 Å². The van der Waals surface area contributed by atoms with Gasteiger partial charge in [-0.05, 0) is 98.6 Å². The summed E-state index contributed by atoms with van der Waals surface area (Å²) in [5.74, 6) is 0. The highest BCUT2D eigenvalue weighted by Crippen LogP contribution is 2.43. The minimum Gasteiger partial charge on any atom is -0.351 e. The van der Waals surface area contributed by atoms with Crippen molar-refractivity contribution in [3.8, 4) is 5.69 Å². The van der Waals surface area contributed by atoms with Gasteiger partial charge in [0.1, 0.15) is 0 Å². The second-order valence-corrected chi connectivity index (χ2v) is 9.40. The van der Waals surface area contributed by atoms with Gasteiger partial charge in [-0.15, -0.1) is 0 Å². The molecule has 0 radical (unpaired) electrons. The number of pyridine rings is 1. The van der Waals surface area contributed by atoms with Crippen LogP contribution in [0.4, 0.5) is 5.69 Å². The molecule has 1 fully saturated rings. The van der Waals surface area contributed by atoms with Gasteiger partial charge < -0.3 is 14.8 Å². The van der Waals surface area contributed by atoms with Gasteiger partial charge in [-0.3, -0.25) is 4.98 Å². The maximum Gasteiger partial charge on any atom is 0.174 e. The monoisotopic (exact) mass is 466 g/mol. The fourth-order valence-corrected chi connectivity index (χ4v) is 5.44. The molecule has 2 atom stereocenters. The zero-order valence-corrected chi connectivity index (χ0v) is 20.9. The van der Waals surface area contributed by atoms with Gasteiger partial charge in [0, 0.05) is 29.0 Å². The molecule has 0 unspecified atom stereocenters. The van der Waals surface area contributed by atoms with Gasteiger partial charge in [0.15, 0.2) is 5.11 Å². The number of rotatable bonds is 5. The van der Waals surface area contributed by atoms with Crippen molar-refractivity contribution < 1.29 is 0 Å². The molecule has 0 saturated carbocycles. The molecular weight excluding hydrogens is 436 g/mol. The van der Waals surface area contributed by atoms with E-state index in [-0.39, 0.29) is 12.1 Å². The number of thiocarbonyl (C=S) groups is 1. The summed E-state index contributed by atoms with van der Waals surface area (Å²) in [5, 5.41) is 4.31. The Labute approximate surface area is 207 Å². The Hall–Kier alpha value is -3.44. The molecule has 5 heteroatoms. The number of nitrogens with zero attached hydrogens (tertiary/aromatic N) is 3. The Bertz CT molecular complexity index is 1320. The molecule has 0 bridgehead atoms. The fraction of sp³-hybridized carbons (Fsp3) is 0.241. The summed E-state index contributed by atoms with van der Waals surface area (Å²) in [4.78, 5) is 6.96. The molecule has 4 nitrogen and oxygen atoms in total. The molecule has 0 amide bonds. The average Bonchev–Trinajstić information content (AvgIpc) is 3.34. The molecule has 2 aromatic carbocycles. The van der Waals surface area contributed by atoms with Gasteiger partial charge in [-0.2, -0.15) is 0 Å². The van der Waals surface area contributed by atoms with Crippen molar-refractivity contribution in [1.29, 1.82) is 0 Å². The summed E-state index contributed by atoms with van der Waals surface area (Å²) in [6.45, 7) is 8.70. The standard InChI is InChI=1S/C29H30N4S/c1-5-22-12-14-23(15-13-22)33-28(27(31-29(33)34)26-11-6-7-16-30-26)25-18-20(3)32(21(25)4)24-10-8-9-19(2)17-24/h6-18,27-28H,5H2,1-4H3,(H,31,34)/t27-,28-/m0/s1. The minimum absolute atomic E-state index is 0.0142. The predicted molar refractivity (Wildman–Crippen MR) is 144 cm³/mol. The van der Waals surface area contributed by atoms with Crippen LogP contribution in [0.2, 0.25) is 0 Å². The second kappa shape index (κ2) is 9.07. The first-order chi connectivity index (χ1) is 16.5. The fourth-order valence-electron chi connectivity index (χ4n) is 5.09. The van der Waals surface area contributed by atoms with Crippen molar-refractivity contribution in [2.24, 2.45) is 0 Å². The van der Waals surface area contributed by atoms with E-state index in [1.165, 1.54) is 33.8 Å². The lowest BCUT2D eigenvalue weighted by molar-refractivity contribution is 0.565.